The Morgan fingerprint density at radius 3 is 2.30 bits per heavy atom. The van der Waals surface area contributed by atoms with Crippen LogP contribution >= 0.6 is 0 Å². The number of nitrogens with one attached hydrogen (secondary N) is 3. The average molecular weight is 146 g/mol. The van der Waals surface area contributed by atoms with Crippen LogP contribution in [0.15, 0.2) is 0 Å². The molecule has 0 heterocycles. The molecule has 1 radical (unpaired) electrons. The molecule has 4 N–H and O–H groups in total. The number of likely N-dealkylation sites (N-methyl/N-ethyl adjacent to an activating group) is 3. The van der Waals surface area contributed by atoms with E-state index in [4.69, 9.17) is 0 Å². The molecule has 0 bridgehead atoms. The monoisotopic (exact) mass is 146 g/mol. The molecule has 1 unspecified atom stereocenters. The van der Waals surface area contributed by atoms with E-state index in [9.17, 15) is 5.11 Å². The molecule has 1 atom stereocenters. The number of hydrogen-bond acceptors (Lipinski definition) is 4. The molecular weight excluding hydrogens is 130 g/mol. The minimum absolute atomic E-state index is 0.477. The van der Waals surface area contributed by atoms with Gasteiger partial charge in [0, 0.05) is 6.54 Å². The van der Waals surface area contributed by atoms with Crippen molar-refractivity contribution in [3.63, 3.8) is 0 Å². The van der Waals surface area contributed by atoms with Gasteiger partial charge in [0.25, 0.3) is 0 Å². The first-order valence-electron chi connectivity index (χ1n) is 3.26. The van der Waals surface area contributed by atoms with Gasteiger partial charge in [-0.2, -0.15) is 0 Å². The summed E-state index contributed by atoms with van der Waals surface area (Å²) in [6.07, 6.45) is 0. The van der Waals surface area contributed by atoms with Gasteiger partial charge in [0.05, 0.1) is 6.54 Å². The summed E-state index contributed by atoms with van der Waals surface area (Å²) in [5, 5.41) is 17.9. The molecule has 10 heavy (non-hydrogen) atoms. The molecule has 0 rings (SSSR count). The Kier molecular flexibility index (Phi) is 4.55. The summed E-state index contributed by atoms with van der Waals surface area (Å²) < 4.78 is 0. The van der Waals surface area contributed by atoms with Crippen molar-refractivity contribution in [1.82, 2.24) is 16.0 Å². The topological polar surface area (TPSA) is 56.3 Å². The number of rotatable bonds is 5. The highest BCUT2D eigenvalue weighted by molar-refractivity contribution is 4.88. The average Bonchev–Trinajstić information content (AvgIpc) is 1.89. The molecule has 0 aliphatic heterocycles. The first kappa shape index (κ1) is 9.84. The number of aliphatic hydroxyl groups is 1. The molecule has 0 aliphatic carbocycles. The van der Waals surface area contributed by atoms with E-state index < -0.39 is 5.72 Å². The largest absolute Gasteiger partial charge is 0.373 e. The Morgan fingerprint density at radius 1 is 1.40 bits per heavy atom. The second kappa shape index (κ2) is 4.62. The zero-order valence-corrected chi connectivity index (χ0v) is 6.73. The Labute approximate surface area is 62.0 Å². The van der Waals surface area contributed by atoms with Gasteiger partial charge in [-0.05, 0) is 21.1 Å². The second-order valence-electron chi connectivity index (χ2n) is 2.14. The molecule has 0 amide bonds. The minimum Gasteiger partial charge on any atom is -0.373 e. The van der Waals surface area contributed by atoms with Crippen molar-refractivity contribution in [2.24, 2.45) is 0 Å². The lowest BCUT2D eigenvalue weighted by molar-refractivity contribution is 0.0420. The van der Waals surface area contributed by atoms with Crippen LogP contribution in [0, 0.1) is 6.54 Å². The van der Waals surface area contributed by atoms with E-state index in [-0.39, 0.29) is 0 Å². The van der Waals surface area contributed by atoms with Gasteiger partial charge in [-0.15, -0.1) is 0 Å². The molecule has 0 spiro atoms. The molecule has 0 aromatic carbocycles. The van der Waals surface area contributed by atoms with Crippen molar-refractivity contribution in [1.29, 1.82) is 0 Å². The predicted octanol–water partition coefficient (Wildman–Crippen LogP) is -1.51. The van der Waals surface area contributed by atoms with Gasteiger partial charge in [0.15, 0.2) is 0 Å². The highest BCUT2D eigenvalue weighted by Gasteiger charge is 2.22. The summed E-state index contributed by atoms with van der Waals surface area (Å²) >= 11 is 0. The molecule has 61 valence electrons. The Morgan fingerprint density at radius 2 is 2.00 bits per heavy atom. The van der Waals surface area contributed by atoms with Crippen molar-refractivity contribution in [3.8, 4) is 0 Å². The standard InChI is InChI=1S/C6H16N3O/c1-7-4-6(10,9-3)5-8-2/h4,7-10H,5H2,1-3H3. The lowest BCUT2D eigenvalue weighted by Crippen LogP contribution is -2.53. The normalized spacial score (nSPS) is 12.0. The molecule has 0 aromatic heterocycles. The van der Waals surface area contributed by atoms with Crippen LogP contribution in [0.4, 0.5) is 0 Å². The minimum atomic E-state index is -0.955. The fourth-order valence-electron chi connectivity index (χ4n) is 0.720. The zero-order chi connectivity index (χ0) is 8.04. The van der Waals surface area contributed by atoms with E-state index in [1.807, 2.05) is 0 Å². The van der Waals surface area contributed by atoms with Crippen LogP contribution in [-0.4, -0.2) is 38.5 Å². The molecule has 0 aliphatic rings. The van der Waals surface area contributed by atoms with E-state index in [1.54, 1.807) is 27.7 Å². The third-order valence-corrected chi connectivity index (χ3v) is 1.26. The highest BCUT2D eigenvalue weighted by atomic mass is 16.3. The Hall–Kier alpha value is -0.160. The lowest BCUT2D eigenvalue weighted by atomic mass is 10.2. The van der Waals surface area contributed by atoms with Gasteiger partial charge in [-0.1, -0.05) is 0 Å². The van der Waals surface area contributed by atoms with Crippen LogP contribution in [-0.2, 0) is 0 Å². The first-order valence-corrected chi connectivity index (χ1v) is 3.26. The summed E-state index contributed by atoms with van der Waals surface area (Å²) in [5.41, 5.74) is -0.955. The number of hydrogen-bond donors (Lipinski definition) is 4. The van der Waals surface area contributed by atoms with Crippen LogP contribution in [0.5, 0.6) is 0 Å². The maximum Gasteiger partial charge on any atom is 0.145 e. The fourth-order valence-corrected chi connectivity index (χ4v) is 0.720. The SMILES string of the molecule is CN[CH]C(O)(CNC)NC. The zero-order valence-electron chi connectivity index (χ0n) is 6.73. The fraction of sp³-hybridized carbons (Fsp3) is 0.833. The van der Waals surface area contributed by atoms with Crippen LogP contribution in [0.25, 0.3) is 0 Å². The smallest absolute Gasteiger partial charge is 0.145 e. The van der Waals surface area contributed by atoms with Crippen molar-refractivity contribution in [2.75, 3.05) is 27.7 Å². The molecule has 0 fully saturated rings. The predicted molar refractivity (Wildman–Crippen MR) is 41.3 cm³/mol. The van der Waals surface area contributed by atoms with Crippen LogP contribution in [0.3, 0.4) is 0 Å². The summed E-state index contributed by atoms with van der Waals surface area (Å²) in [6.45, 7) is 2.06. The Balaban J connectivity index is 3.69. The molecule has 0 saturated carbocycles. The third kappa shape index (κ3) is 3.12. The van der Waals surface area contributed by atoms with Gasteiger partial charge in [0.2, 0.25) is 0 Å². The highest BCUT2D eigenvalue weighted by Crippen LogP contribution is 1.97. The summed E-state index contributed by atoms with van der Waals surface area (Å²) in [5.74, 6) is 0. The van der Waals surface area contributed by atoms with E-state index in [2.05, 4.69) is 16.0 Å². The summed E-state index contributed by atoms with van der Waals surface area (Å²) in [6, 6.07) is 0. The molecule has 0 saturated heterocycles. The van der Waals surface area contributed by atoms with Crippen molar-refractivity contribution >= 4 is 0 Å². The van der Waals surface area contributed by atoms with Gasteiger partial charge >= 0.3 is 0 Å². The molecule has 4 nitrogen and oxygen atoms in total. The second-order valence-corrected chi connectivity index (χ2v) is 2.14. The van der Waals surface area contributed by atoms with E-state index in [1.165, 1.54) is 0 Å². The lowest BCUT2D eigenvalue weighted by Gasteiger charge is -2.26. The van der Waals surface area contributed by atoms with Crippen LogP contribution < -0.4 is 16.0 Å². The third-order valence-electron chi connectivity index (χ3n) is 1.26. The van der Waals surface area contributed by atoms with Crippen LogP contribution in [0.2, 0.25) is 0 Å². The van der Waals surface area contributed by atoms with E-state index >= 15 is 0 Å². The van der Waals surface area contributed by atoms with Crippen molar-refractivity contribution < 1.29 is 5.11 Å². The van der Waals surface area contributed by atoms with E-state index in [0.29, 0.717) is 6.54 Å². The summed E-state index contributed by atoms with van der Waals surface area (Å²) in [4.78, 5) is 0. The molecule has 4 heteroatoms. The van der Waals surface area contributed by atoms with Crippen LogP contribution in [0.1, 0.15) is 0 Å². The van der Waals surface area contributed by atoms with Gasteiger partial charge in [-0.3, -0.25) is 5.32 Å². The van der Waals surface area contributed by atoms with Crippen molar-refractivity contribution in [2.45, 2.75) is 5.72 Å². The molecular formula is C6H16N3O. The van der Waals surface area contributed by atoms with Gasteiger partial charge < -0.3 is 15.7 Å². The van der Waals surface area contributed by atoms with Gasteiger partial charge in [-0.25, -0.2) is 0 Å². The Bertz CT molecular complexity index is 81.1. The van der Waals surface area contributed by atoms with E-state index in [0.717, 1.165) is 0 Å². The molecule has 0 aromatic rings. The maximum absolute atomic E-state index is 9.53. The van der Waals surface area contributed by atoms with Crippen molar-refractivity contribution in [3.05, 3.63) is 6.54 Å². The maximum atomic E-state index is 9.53. The summed E-state index contributed by atoms with van der Waals surface area (Å²) in [7, 11) is 5.23. The first-order chi connectivity index (χ1) is 4.68. The van der Waals surface area contributed by atoms with Gasteiger partial charge in [0.1, 0.15) is 5.72 Å². The quantitative estimate of drug-likeness (QED) is 0.356.